The molecule has 0 atom stereocenters. The summed E-state index contributed by atoms with van der Waals surface area (Å²) in [5.74, 6) is 0.483. The zero-order valence-corrected chi connectivity index (χ0v) is 18.4. The standard InChI is InChI=1S/C25H28N4O4/c30-15-7-13-26-24-27-22-12-14-28(25(32)33-18-20-10-5-2-6-11-20)17-21(22)23(31)29(24)16-19-8-3-1-4-9-19/h1-6,8-11,30H,7,12-18H2,(H,26,27). The van der Waals surface area contributed by atoms with E-state index in [1.807, 2.05) is 60.7 Å². The number of hydrogen-bond acceptors (Lipinski definition) is 6. The molecule has 0 saturated heterocycles. The molecule has 0 radical (unpaired) electrons. The third kappa shape index (κ3) is 5.59. The minimum Gasteiger partial charge on any atom is -0.445 e. The van der Waals surface area contributed by atoms with Crippen LogP contribution in [0.5, 0.6) is 0 Å². The molecule has 8 nitrogen and oxygen atoms in total. The van der Waals surface area contributed by atoms with E-state index in [-0.39, 0.29) is 25.3 Å². The van der Waals surface area contributed by atoms with Gasteiger partial charge in [-0.3, -0.25) is 9.36 Å². The van der Waals surface area contributed by atoms with Gasteiger partial charge in [0.2, 0.25) is 5.95 Å². The van der Waals surface area contributed by atoms with Crippen LogP contribution in [-0.4, -0.2) is 45.3 Å². The van der Waals surface area contributed by atoms with Gasteiger partial charge < -0.3 is 20.1 Å². The largest absolute Gasteiger partial charge is 0.445 e. The molecule has 0 aliphatic carbocycles. The van der Waals surface area contributed by atoms with Gasteiger partial charge in [0.1, 0.15) is 6.61 Å². The average Bonchev–Trinajstić information content (AvgIpc) is 2.86. The third-order valence-electron chi connectivity index (χ3n) is 5.58. The zero-order valence-electron chi connectivity index (χ0n) is 18.4. The molecule has 2 N–H and O–H groups in total. The lowest BCUT2D eigenvalue weighted by atomic mass is 10.1. The van der Waals surface area contributed by atoms with Crippen LogP contribution in [0, 0.1) is 0 Å². The lowest BCUT2D eigenvalue weighted by Gasteiger charge is -2.28. The number of ether oxygens (including phenoxy) is 1. The molecule has 8 heteroatoms. The van der Waals surface area contributed by atoms with Crippen molar-refractivity contribution in [3.8, 4) is 0 Å². The Morgan fingerprint density at radius 1 is 1.06 bits per heavy atom. The number of carbonyl (C=O) groups excluding carboxylic acids is 1. The number of rotatable bonds is 8. The molecule has 1 aliphatic rings. The highest BCUT2D eigenvalue weighted by atomic mass is 16.6. The van der Waals surface area contributed by atoms with Crippen LogP contribution in [0.1, 0.15) is 28.8 Å². The molecule has 0 saturated carbocycles. The molecule has 1 aliphatic heterocycles. The SMILES string of the molecule is O=C(OCc1ccccc1)N1CCc2nc(NCCCO)n(Cc3ccccc3)c(=O)c2C1. The fourth-order valence-electron chi connectivity index (χ4n) is 3.81. The number of amides is 1. The maximum atomic E-state index is 13.5. The Labute approximate surface area is 192 Å². The fraction of sp³-hybridized carbons (Fsp3) is 0.320. The number of nitrogens with zero attached hydrogens (tertiary/aromatic N) is 3. The summed E-state index contributed by atoms with van der Waals surface area (Å²) in [5, 5.41) is 12.3. The second-order valence-corrected chi connectivity index (χ2v) is 7.95. The van der Waals surface area contributed by atoms with Crippen LogP contribution in [0.25, 0.3) is 0 Å². The number of aliphatic hydroxyl groups is 1. The normalized spacial score (nSPS) is 12.8. The van der Waals surface area contributed by atoms with Crippen LogP contribution in [0.4, 0.5) is 10.7 Å². The molecule has 0 unspecified atom stereocenters. The van der Waals surface area contributed by atoms with E-state index < -0.39 is 6.09 Å². The first-order chi connectivity index (χ1) is 16.2. The van der Waals surface area contributed by atoms with Gasteiger partial charge in [0, 0.05) is 26.1 Å². The number of carbonyl (C=O) groups is 1. The molecule has 1 aromatic heterocycles. The molecule has 4 rings (SSSR count). The summed E-state index contributed by atoms with van der Waals surface area (Å²) in [6.45, 7) is 1.72. The van der Waals surface area contributed by atoms with E-state index in [0.717, 1.165) is 11.1 Å². The topological polar surface area (TPSA) is 96.7 Å². The van der Waals surface area contributed by atoms with E-state index in [9.17, 15) is 9.59 Å². The quantitative estimate of drug-likeness (QED) is 0.515. The van der Waals surface area contributed by atoms with E-state index in [2.05, 4.69) is 5.32 Å². The lowest BCUT2D eigenvalue weighted by Crippen LogP contribution is -2.42. The number of aromatic nitrogens is 2. The Kier molecular flexibility index (Phi) is 7.36. The van der Waals surface area contributed by atoms with Crippen LogP contribution in [0.15, 0.2) is 65.5 Å². The number of aliphatic hydroxyl groups excluding tert-OH is 1. The van der Waals surface area contributed by atoms with E-state index in [0.29, 0.717) is 49.7 Å². The molecular weight excluding hydrogens is 420 g/mol. The van der Waals surface area contributed by atoms with Crippen molar-refractivity contribution in [1.29, 1.82) is 0 Å². The molecule has 0 fully saturated rings. The molecular formula is C25H28N4O4. The Morgan fingerprint density at radius 2 is 1.76 bits per heavy atom. The highest BCUT2D eigenvalue weighted by molar-refractivity contribution is 5.68. The minimum atomic E-state index is -0.441. The van der Waals surface area contributed by atoms with Gasteiger partial charge in [0.15, 0.2) is 0 Å². The molecule has 0 bridgehead atoms. The van der Waals surface area contributed by atoms with Crippen LogP contribution >= 0.6 is 0 Å². The van der Waals surface area contributed by atoms with Gasteiger partial charge in [0.25, 0.3) is 5.56 Å². The number of nitrogens with one attached hydrogen (secondary N) is 1. The first-order valence-electron chi connectivity index (χ1n) is 11.1. The number of fused-ring (bicyclic) bond motifs is 1. The van der Waals surface area contributed by atoms with Crippen LogP contribution in [-0.2, 0) is 30.9 Å². The summed E-state index contributed by atoms with van der Waals surface area (Å²) in [7, 11) is 0. The van der Waals surface area contributed by atoms with E-state index >= 15 is 0 Å². The number of anilines is 1. The van der Waals surface area contributed by atoms with Gasteiger partial charge in [-0.25, -0.2) is 9.78 Å². The summed E-state index contributed by atoms with van der Waals surface area (Å²) in [6.07, 6.45) is 0.592. The van der Waals surface area contributed by atoms with E-state index in [1.165, 1.54) is 0 Å². The Balaban J connectivity index is 1.55. The summed E-state index contributed by atoms with van der Waals surface area (Å²) >= 11 is 0. The van der Waals surface area contributed by atoms with Crippen molar-refractivity contribution in [1.82, 2.24) is 14.5 Å². The Bertz CT molecular complexity index is 1130. The van der Waals surface area contributed by atoms with Gasteiger partial charge in [-0.15, -0.1) is 0 Å². The molecule has 0 spiro atoms. The first-order valence-corrected chi connectivity index (χ1v) is 11.1. The predicted octanol–water partition coefficient (Wildman–Crippen LogP) is 2.78. The lowest BCUT2D eigenvalue weighted by molar-refractivity contribution is 0.0913. The fourth-order valence-corrected chi connectivity index (χ4v) is 3.81. The van der Waals surface area contributed by atoms with Gasteiger partial charge >= 0.3 is 6.09 Å². The van der Waals surface area contributed by atoms with Gasteiger partial charge in [-0.05, 0) is 17.5 Å². The van der Waals surface area contributed by atoms with Crippen molar-refractivity contribution in [2.75, 3.05) is 25.0 Å². The van der Waals surface area contributed by atoms with Crippen molar-refractivity contribution in [3.05, 3.63) is 93.4 Å². The zero-order chi connectivity index (χ0) is 23.0. The average molecular weight is 449 g/mol. The summed E-state index contributed by atoms with van der Waals surface area (Å²) in [6, 6.07) is 19.2. The minimum absolute atomic E-state index is 0.0565. The molecule has 172 valence electrons. The van der Waals surface area contributed by atoms with Crippen molar-refractivity contribution in [2.45, 2.75) is 32.5 Å². The van der Waals surface area contributed by atoms with Crippen molar-refractivity contribution in [2.24, 2.45) is 0 Å². The number of hydrogen-bond donors (Lipinski definition) is 2. The van der Waals surface area contributed by atoms with Gasteiger partial charge in [-0.1, -0.05) is 60.7 Å². The van der Waals surface area contributed by atoms with Gasteiger partial charge in [-0.2, -0.15) is 0 Å². The molecule has 33 heavy (non-hydrogen) atoms. The third-order valence-corrected chi connectivity index (χ3v) is 5.58. The monoisotopic (exact) mass is 448 g/mol. The smallest absolute Gasteiger partial charge is 0.410 e. The molecule has 2 heterocycles. The Hall–Kier alpha value is -3.65. The second kappa shape index (κ2) is 10.8. The van der Waals surface area contributed by atoms with Gasteiger partial charge in [0.05, 0.1) is 24.3 Å². The maximum Gasteiger partial charge on any atom is 0.410 e. The van der Waals surface area contributed by atoms with Crippen LogP contribution in [0.3, 0.4) is 0 Å². The van der Waals surface area contributed by atoms with Crippen molar-refractivity contribution in [3.63, 3.8) is 0 Å². The molecule has 2 aromatic carbocycles. The second-order valence-electron chi connectivity index (χ2n) is 7.95. The maximum absolute atomic E-state index is 13.5. The highest BCUT2D eigenvalue weighted by Gasteiger charge is 2.27. The molecule has 1 amide bonds. The summed E-state index contributed by atoms with van der Waals surface area (Å²) in [4.78, 5) is 32.4. The summed E-state index contributed by atoms with van der Waals surface area (Å²) < 4.78 is 7.06. The van der Waals surface area contributed by atoms with E-state index in [1.54, 1.807) is 9.47 Å². The summed E-state index contributed by atoms with van der Waals surface area (Å²) in [5.41, 5.74) is 2.93. The molecule has 3 aromatic rings. The van der Waals surface area contributed by atoms with Crippen LogP contribution < -0.4 is 10.9 Å². The highest BCUT2D eigenvalue weighted by Crippen LogP contribution is 2.18. The Morgan fingerprint density at radius 3 is 2.45 bits per heavy atom. The predicted molar refractivity (Wildman–Crippen MR) is 125 cm³/mol. The number of benzene rings is 2. The first kappa shape index (κ1) is 22.5. The van der Waals surface area contributed by atoms with Crippen LogP contribution in [0.2, 0.25) is 0 Å². The van der Waals surface area contributed by atoms with Crippen molar-refractivity contribution < 1.29 is 14.6 Å². The van der Waals surface area contributed by atoms with E-state index in [4.69, 9.17) is 14.8 Å². The van der Waals surface area contributed by atoms with Crippen molar-refractivity contribution >= 4 is 12.0 Å².